The molecule has 0 aliphatic rings. The van der Waals surface area contributed by atoms with Crippen molar-refractivity contribution < 1.29 is 0 Å². The van der Waals surface area contributed by atoms with Crippen LogP contribution in [-0.2, 0) is 0 Å². The lowest BCUT2D eigenvalue weighted by molar-refractivity contribution is 1.46. The summed E-state index contributed by atoms with van der Waals surface area (Å²) in [6.07, 6.45) is 1.91. The quantitative estimate of drug-likeness (QED) is 0.623. The molecule has 0 heterocycles. The molecule has 70 valence electrons. The molecule has 0 amide bonds. The molecular weight excluding hydrogens is 168 g/mol. The first kappa shape index (κ1) is 9.01. The van der Waals surface area contributed by atoms with Crippen LogP contribution in [0.25, 0.3) is 16.8 Å². The molecule has 0 atom stereocenters. The Morgan fingerprint density at radius 3 is 2.50 bits per heavy atom. The van der Waals surface area contributed by atoms with E-state index < -0.39 is 0 Å². The molecule has 0 spiro atoms. The Labute approximate surface area is 84.9 Å². The van der Waals surface area contributed by atoms with Gasteiger partial charge in [-0.2, -0.15) is 0 Å². The molecule has 0 aromatic heterocycles. The molecule has 0 saturated heterocycles. The maximum Gasteiger partial charge on any atom is -0.0109 e. The van der Waals surface area contributed by atoms with Crippen LogP contribution in [0.1, 0.15) is 16.7 Å². The number of fused-ring (bicyclic) bond motifs is 1. The minimum atomic E-state index is 1.21. The van der Waals surface area contributed by atoms with Crippen molar-refractivity contribution in [3.8, 4) is 0 Å². The van der Waals surface area contributed by atoms with E-state index in [9.17, 15) is 0 Å². The molecule has 0 aliphatic carbocycles. The highest BCUT2D eigenvalue weighted by molar-refractivity contribution is 5.93. The van der Waals surface area contributed by atoms with Crippen LogP contribution >= 0.6 is 0 Å². The number of benzene rings is 2. The van der Waals surface area contributed by atoms with E-state index >= 15 is 0 Å². The first-order chi connectivity index (χ1) is 6.72. The fourth-order valence-corrected chi connectivity index (χ4v) is 1.81. The summed E-state index contributed by atoms with van der Waals surface area (Å²) >= 11 is 0. The minimum absolute atomic E-state index is 1.21. The van der Waals surface area contributed by atoms with E-state index in [1.807, 2.05) is 6.08 Å². The third-order valence-electron chi connectivity index (χ3n) is 2.64. The van der Waals surface area contributed by atoms with E-state index in [0.29, 0.717) is 0 Å². The molecule has 0 aliphatic heterocycles. The number of rotatable bonds is 1. The molecule has 2 rings (SSSR count). The van der Waals surface area contributed by atoms with Gasteiger partial charge in [0, 0.05) is 0 Å². The van der Waals surface area contributed by atoms with Gasteiger partial charge in [0.25, 0.3) is 0 Å². The molecule has 0 nitrogen and oxygen atoms in total. The van der Waals surface area contributed by atoms with Crippen LogP contribution in [0.3, 0.4) is 0 Å². The number of aryl methyl sites for hydroxylation is 2. The Morgan fingerprint density at radius 1 is 1.00 bits per heavy atom. The van der Waals surface area contributed by atoms with Crippen molar-refractivity contribution in [3.05, 3.63) is 53.6 Å². The van der Waals surface area contributed by atoms with Gasteiger partial charge in [0.05, 0.1) is 0 Å². The van der Waals surface area contributed by atoms with E-state index in [1.54, 1.807) is 0 Å². The summed E-state index contributed by atoms with van der Waals surface area (Å²) in [6, 6.07) is 10.8. The fraction of sp³-hybridized carbons (Fsp3) is 0.143. The van der Waals surface area contributed by atoms with Crippen LogP contribution in [0.2, 0.25) is 0 Å². The molecular formula is C14H14. The van der Waals surface area contributed by atoms with Gasteiger partial charge in [-0.3, -0.25) is 0 Å². The maximum absolute atomic E-state index is 3.83. The normalized spacial score (nSPS) is 10.4. The lowest BCUT2D eigenvalue weighted by Gasteiger charge is -2.06. The van der Waals surface area contributed by atoms with Crippen LogP contribution in [0.15, 0.2) is 36.9 Å². The van der Waals surface area contributed by atoms with Gasteiger partial charge in [-0.25, -0.2) is 0 Å². The highest BCUT2D eigenvalue weighted by Gasteiger charge is 2.00. The van der Waals surface area contributed by atoms with Crippen LogP contribution in [-0.4, -0.2) is 0 Å². The lowest BCUT2D eigenvalue weighted by Crippen LogP contribution is -1.83. The Morgan fingerprint density at radius 2 is 1.79 bits per heavy atom. The first-order valence-corrected chi connectivity index (χ1v) is 4.85. The largest absolute Gasteiger partial charge is 0.0984 e. The molecule has 14 heavy (non-hydrogen) atoms. The van der Waals surface area contributed by atoms with Gasteiger partial charge in [0.1, 0.15) is 0 Å². The van der Waals surface area contributed by atoms with Gasteiger partial charge in [-0.05, 0) is 35.7 Å². The van der Waals surface area contributed by atoms with Crippen molar-refractivity contribution in [1.82, 2.24) is 0 Å². The standard InChI is InChI=1S/C14H14/c1-4-12-7-6-11(3)14-9-10(2)5-8-13(12)14/h4-9H,1H2,2-3H3. The number of hydrogen-bond acceptors (Lipinski definition) is 0. The molecule has 2 aromatic rings. The Hall–Kier alpha value is -1.56. The van der Waals surface area contributed by atoms with Crippen molar-refractivity contribution in [2.24, 2.45) is 0 Å². The van der Waals surface area contributed by atoms with Gasteiger partial charge < -0.3 is 0 Å². The van der Waals surface area contributed by atoms with Gasteiger partial charge >= 0.3 is 0 Å². The van der Waals surface area contributed by atoms with E-state index in [-0.39, 0.29) is 0 Å². The summed E-state index contributed by atoms with van der Waals surface area (Å²) in [5.74, 6) is 0. The summed E-state index contributed by atoms with van der Waals surface area (Å²) in [5.41, 5.74) is 3.85. The third-order valence-corrected chi connectivity index (χ3v) is 2.64. The Balaban J connectivity index is 2.91. The summed E-state index contributed by atoms with van der Waals surface area (Å²) in [4.78, 5) is 0. The average molecular weight is 182 g/mol. The van der Waals surface area contributed by atoms with Crippen molar-refractivity contribution in [2.45, 2.75) is 13.8 Å². The van der Waals surface area contributed by atoms with Crippen LogP contribution in [0, 0.1) is 13.8 Å². The molecule has 0 fully saturated rings. The lowest BCUT2D eigenvalue weighted by atomic mass is 9.99. The van der Waals surface area contributed by atoms with Crippen molar-refractivity contribution in [2.75, 3.05) is 0 Å². The zero-order valence-corrected chi connectivity index (χ0v) is 8.67. The monoisotopic (exact) mass is 182 g/mol. The second kappa shape index (κ2) is 3.30. The van der Waals surface area contributed by atoms with E-state index in [0.717, 1.165) is 0 Å². The summed E-state index contributed by atoms with van der Waals surface area (Å²) < 4.78 is 0. The average Bonchev–Trinajstić information content (AvgIpc) is 2.19. The van der Waals surface area contributed by atoms with Crippen LogP contribution < -0.4 is 0 Å². The topological polar surface area (TPSA) is 0 Å². The SMILES string of the molecule is C=Cc1ccc(C)c2cc(C)ccc12. The molecule has 0 radical (unpaired) electrons. The van der Waals surface area contributed by atoms with Gasteiger partial charge in [0.15, 0.2) is 0 Å². The van der Waals surface area contributed by atoms with Crippen molar-refractivity contribution >= 4 is 16.8 Å². The maximum atomic E-state index is 3.83. The van der Waals surface area contributed by atoms with E-state index in [4.69, 9.17) is 0 Å². The molecule has 0 saturated carbocycles. The Kier molecular flexibility index (Phi) is 2.12. The molecule has 0 N–H and O–H groups in total. The predicted molar refractivity (Wildman–Crippen MR) is 63.5 cm³/mol. The zero-order chi connectivity index (χ0) is 10.1. The van der Waals surface area contributed by atoms with Crippen LogP contribution in [0.5, 0.6) is 0 Å². The summed E-state index contributed by atoms with van der Waals surface area (Å²) in [6.45, 7) is 8.11. The first-order valence-electron chi connectivity index (χ1n) is 4.85. The van der Waals surface area contributed by atoms with Gasteiger partial charge in [0.2, 0.25) is 0 Å². The smallest absolute Gasteiger partial charge is 0.0109 e. The van der Waals surface area contributed by atoms with E-state index in [2.05, 4.69) is 50.8 Å². The van der Waals surface area contributed by atoms with Gasteiger partial charge in [-0.1, -0.05) is 48.6 Å². The summed E-state index contributed by atoms with van der Waals surface area (Å²) in [7, 11) is 0. The minimum Gasteiger partial charge on any atom is -0.0984 e. The highest BCUT2D eigenvalue weighted by Crippen LogP contribution is 2.24. The molecule has 0 unspecified atom stereocenters. The van der Waals surface area contributed by atoms with E-state index in [1.165, 1.54) is 27.5 Å². The summed E-state index contributed by atoms with van der Waals surface area (Å²) in [5, 5.41) is 2.63. The Bertz CT molecular complexity index is 493. The number of hydrogen-bond donors (Lipinski definition) is 0. The van der Waals surface area contributed by atoms with Crippen molar-refractivity contribution in [1.29, 1.82) is 0 Å². The molecule has 0 bridgehead atoms. The predicted octanol–water partition coefficient (Wildman–Crippen LogP) is 4.10. The second-order valence-electron chi connectivity index (χ2n) is 3.72. The zero-order valence-electron chi connectivity index (χ0n) is 8.67. The van der Waals surface area contributed by atoms with Gasteiger partial charge in [-0.15, -0.1) is 0 Å². The third kappa shape index (κ3) is 1.33. The second-order valence-corrected chi connectivity index (χ2v) is 3.72. The molecule has 2 aromatic carbocycles. The molecule has 0 heteroatoms. The van der Waals surface area contributed by atoms with Crippen LogP contribution in [0.4, 0.5) is 0 Å². The highest BCUT2D eigenvalue weighted by atomic mass is 14.0. The fourth-order valence-electron chi connectivity index (χ4n) is 1.81. The van der Waals surface area contributed by atoms with Crippen molar-refractivity contribution in [3.63, 3.8) is 0 Å².